The zero-order valence-corrected chi connectivity index (χ0v) is 17.3. The summed E-state index contributed by atoms with van der Waals surface area (Å²) in [6, 6.07) is 15.1. The highest BCUT2D eigenvalue weighted by atomic mass is 16.4. The monoisotopic (exact) mass is 392 g/mol. The van der Waals surface area contributed by atoms with E-state index in [1.54, 1.807) is 12.1 Å². The van der Waals surface area contributed by atoms with Gasteiger partial charge in [-0.3, -0.25) is 4.79 Å². The first-order valence-corrected chi connectivity index (χ1v) is 10.2. The van der Waals surface area contributed by atoms with Crippen molar-refractivity contribution in [1.82, 2.24) is 10.2 Å². The molecule has 0 saturated carbocycles. The quantitative estimate of drug-likeness (QED) is 0.583. The van der Waals surface area contributed by atoms with E-state index in [1.165, 1.54) is 0 Å². The number of rotatable bonds is 8. The number of benzene rings is 2. The van der Waals surface area contributed by atoms with E-state index < -0.39 is 5.63 Å². The second-order valence-electron chi connectivity index (χ2n) is 7.14. The molecule has 1 N–H and O–H groups in total. The standard InChI is InChI=1S/C24H28N2O3/c1-4-26(5-2)16-8-15-25-23(27)22-21(18-13-11-17(3)12-14-18)19-9-6-7-10-20(19)24(28)29-22/h6-7,9-14H,4-5,8,15-16H2,1-3H3,(H,25,27). The molecule has 2 aromatic carbocycles. The normalized spacial score (nSPS) is 11.2. The van der Waals surface area contributed by atoms with Crippen molar-refractivity contribution in [2.24, 2.45) is 0 Å². The number of aryl methyl sites for hydroxylation is 1. The lowest BCUT2D eigenvalue weighted by Gasteiger charge is -2.18. The summed E-state index contributed by atoms with van der Waals surface area (Å²) in [5, 5.41) is 4.11. The molecular weight excluding hydrogens is 364 g/mol. The lowest BCUT2D eigenvalue weighted by molar-refractivity contribution is 0.0921. The highest BCUT2D eigenvalue weighted by Gasteiger charge is 2.21. The maximum Gasteiger partial charge on any atom is 0.344 e. The summed E-state index contributed by atoms with van der Waals surface area (Å²) >= 11 is 0. The first-order chi connectivity index (χ1) is 14.0. The van der Waals surface area contributed by atoms with Crippen LogP contribution in [-0.4, -0.2) is 37.0 Å². The Morgan fingerprint density at radius 2 is 1.66 bits per heavy atom. The second-order valence-corrected chi connectivity index (χ2v) is 7.14. The van der Waals surface area contributed by atoms with Gasteiger partial charge in [0, 0.05) is 17.5 Å². The Balaban J connectivity index is 1.94. The molecule has 0 bridgehead atoms. The van der Waals surface area contributed by atoms with Crippen LogP contribution in [-0.2, 0) is 0 Å². The van der Waals surface area contributed by atoms with Crippen LogP contribution < -0.4 is 10.9 Å². The molecule has 0 spiro atoms. The highest BCUT2D eigenvalue weighted by molar-refractivity contribution is 6.07. The Kier molecular flexibility index (Phi) is 6.83. The van der Waals surface area contributed by atoms with Crippen LogP contribution in [0.2, 0.25) is 0 Å². The molecule has 5 heteroatoms. The maximum absolute atomic E-state index is 12.9. The zero-order chi connectivity index (χ0) is 20.8. The third-order valence-electron chi connectivity index (χ3n) is 5.22. The molecule has 1 heterocycles. The van der Waals surface area contributed by atoms with Gasteiger partial charge in [-0.05, 0) is 44.6 Å². The van der Waals surface area contributed by atoms with Gasteiger partial charge in [0.05, 0.1) is 5.39 Å². The van der Waals surface area contributed by atoms with Gasteiger partial charge in [0.1, 0.15) is 0 Å². The number of amides is 1. The van der Waals surface area contributed by atoms with Gasteiger partial charge in [0.15, 0.2) is 0 Å². The molecule has 3 rings (SSSR count). The van der Waals surface area contributed by atoms with Gasteiger partial charge in [-0.15, -0.1) is 0 Å². The molecule has 0 aliphatic carbocycles. The minimum atomic E-state index is -0.496. The first-order valence-electron chi connectivity index (χ1n) is 10.2. The van der Waals surface area contributed by atoms with Gasteiger partial charge in [0.25, 0.3) is 5.91 Å². The van der Waals surface area contributed by atoms with Crippen molar-refractivity contribution in [3.05, 3.63) is 70.3 Å². The average molecular weight is 392 g/mol. The van der Waals surface area contributed by atoms with E-state index in [9.17, 15) is 9.59 Å². The van der Waals surface area contributed by atoms with E-state index in [4.69, 9.17) is 4.42 Å². The Hall–Kier alpha value is -2.92. The van der Waals surface area contributed by atoms with Gasteiger partial charge in [-0.2, -0.15) is 0 Å². The van der Waals surface area contributed by atoms with Crippen molar-refractivity contribution in [2.45, 2.75) is 27.2 Å². The summed E-state index contributed by atoms with van der Waals surface area (Å²) in [6.07, 6.45) is 0.838. The van der Waals surface area contributed by atoms with Crippen LogP contribution in [0.15, 0.2) is 57.7 Å². The smallest absolute Gasteiger partial charge is 0.344 e. The van der Waals surface area contributed by atoms with E-state index in [0.717, 1.165) is 42.6 Å². The van der Waals surface area contributed by atoms with Crippen LogP contribution in [0.4, 0.5) is 0 Å². The number of carbonyl (C=O) groups excluding carboxylic acids is 1. The largest absolute Gasteiger partial charge is 0.416 e. The van der Waals surface area contributed by atoms with E-state index in [1.807, 2.05) is 43.3 Å². The number of hydrogen-bond donors (Lipinski definition) is 1. The van der Waals surface area contributed by atoms with Crippen LogP contribution >= 0.6 is 0 Å². The fraction of sp³-hybridized carbons (Fsp3) is 0.333. The number of nitrogens with zero attached hydrogens (tertiary/aromatic N) is 1. The van der Waals surface area contributed by atoms with Crippen LogP contribution in [0.1, 0.15) is 36.4 Å². The molecule has 0 aliphatic heterocycles. The minimum Gasteiger partial charge on any atom is -0.416 e. The topological polar surface area (TPSA) is 62.6 Å². The van der Waals surface area contributed by atoms with Gasteiger partial charge in [-0.25, -0.2) is 4.79 Å². The van der Waals surface area contributed by atoms with Crippen LogP contribution in [0.3, 0.4) is 0 Å². The number of hydrogen-bond acceptors (Lipinski definition) is 4. The van der Waals surface area contributed by atoms with Crippen molar-refractivity contribution in [2.75, 3.05) is 26.2 Å². The Morgan fingerprint density at radius 1 is 1.00 bits per heavy atom. The molecule has 1 aromatic heterocycles. The number of fused-ring (bicyclic) bond motifs is 1. The summed E-state index contributed by atoms with van der Waals surface area (Å²) in [4.78, 5) is 27.7. The summed E-state index contributed by atoms with van der Waals surface area (Å²) in [5.74, 6) is -0.289. The lowest BCUT2D eigenvalue weighted by Crippen LogP contribution is -2.30. The van der Waals surface area contributed by atoms with Crippen molar-refractivity contribution in [3.63, 3.8) is 0 Å². The minimum absolute atomic E-state index is 0.0698. The van der Waals surface area contributed by atoms with E-state index in [0.29, 0.717) is 17.5 Å². The SMILES string of the molecule is CCN(CC)CCCNC(=O)c1oc(=O)c2ccccc2c1-c1ccc(C)cc1. The fourth-order valence-electron chi connectivity index (χ4n) is 3.49. The van der Waals surface area contributed by atoms with Gasteiger partial charge < -0.3 is 14.6 Å². The molecule has 5 nitrogen and oxygen atoms in total. The number of nitrogens with one attached hydrogen (secondary N) is 1. The molecule has 29 heavy (non-hydrogen) atoms. The molecule has 0 atom stereocenters. The van der Waals surface area contributed by atoms with Gasteiger partial charge in [0.2, 0.25) is 5.76 Å². The molecule has 0 unspecified atom stereocenters. The average Bonchev–Trinajstić information content (AvgIpc) is 2.74. The molecule has 0 radical (unpaired) electrons. The predicted octanol–water partition coefficient (Wildman–Crippen LogP) is 4.23. The van der Waals surface area contributed by atoms with Gasteiger partial charge >= 0.3 is 5.63 Å². The summed E-state index contributed by atoms with van der Waals surface area (Å²) < 4.78 is 5.51. The summed E-state index contributed by atoms with van der Waals surface area (Å²) in [5.41, 5.74) is 2.13. The van der Waals surface area contributed by atoms with Crippen molar-refractivity contribution in [1.29, 1.82) is 0 Å². The summed E-state index contributed by atoms with van der Waals surface area (Å²) in [7, 11) is 0. The second kappa shape index (κ2) is 9.52. The molecule has 1 amide bonds. The lowest BCUT2D eigenvalue weighted by atomic mass is 9.97. The van der Waals surface area contributed by atoms with Crippen molar-refractivity contribution < 1.29 is 9.21 Å². The van der Waals surface area contributed by atoms with Crippen molar-refractivity contribution in [3.8, 4) is 11.1 Å². The van der Waals surface area contributed by atoms with Crippen LogP contribution in [0.5, 0.6) is 0 Å². The Morgan fingerprint density at radius 3 is 2.31 bits per heavy atom. The maximum atomic E-state index is 12.9. The van der Waals surface area contributed by atoms with Crippen LogP contribution in [0.25, 0.3) is 21.9 Å². The zero-order valence-electron chi connectivity index (χ0n) is 17.3. The fourth-order valence-corrected chi connectivity index (χ4v) is 3.49. The van der Waals surface area contributed by atoms with Crippen LogP contribution in [0, 0.1) is 6.92 Å². The highest BCUT2D eigenvalue weighted by Crippen LogP contribution is 2.30. The molecule has 152 valence electrons. The Bertz CT molecular complexity index is 1030. The van der Waals surface area contributed by atoms with Crippen molar-refractivity contribution >= 4 is 16.7 Å². The first kappa shape index (κ1) is 20.8. The van der Waals surface area contributed by atoms with Gasteiger partial charge in [-0.1, -0.05) is 61.9 Å². The van der Waals surface area contributed by atoms with E-state index in [-0.39, 0.29) is 11.7 Å². The summed E-state index contributed by atoms with van der Waals surface area (Å²) in [6.45, 7) is 9.68. The number of carbonyl (C=O) groups is 1. The van der Waals surface area contributed by atoms with E-state index in [2.05, 4.69) is 24.1 Å². The molecule has 0 fully saturated rings. The molecule has 3 aromatic rings. The molecule has 0 aliphatic rings. The molecular formula is C24H28N2O3. The third-order valence-corrected chi connectivity index (χ3v) is 5.22. The predicted molar refractivity (Wildman–Crippen MR) is 117 cm³/mol. The van der Waals surface area contributed by atoms with E-state index >= 15 is 0 Å². The third kappa shape index (κ3) is 4.74. The molecule has 0 saturated heterocycles. The Labute approximate surface area is 171 Å².